The second-order valence-electron chi connectivity index (χ2n) is 4.75. The Balaban J connectivity index is 1.76. The van der Waals surface area contributed by atoms with Gasteiger partial charge in [-0.1, -0.05) is 12.1 Å². The van der Waals surface area contributed by atoms with E-state index >= 15 is 0 Å². The number of nitrogens with two attached hydrogens (primary N) is 1. The summed E-state index contributed by atoms with van der Waals surface area (Å²) in [5.41, 5.74) is 9.73. The highest BCUT2D eigenvalue weighted by molar-refractivity contribution is 7.10. The van der Waals surface area contributed by atoms with Crippen molar-refractivity contribution >= 4 is 17.0 Å². The van der Waals surface area contributed by atoms with Gasteiger partial charge >= 0.3 is 0 Å². The van der Waals surface area contributed by atoms with Crippen molar-refractivity contribution in [1.29, 1.82) is 0 Å². The minimum atomic E-state index is 0.724. The van der Waals surface area contributed by atoms with Crippen molar-refractivity contribution < 1.29 is 0 Å². The predicted octanol–water partition coefficient (Wildman–Crippen LogP) is 2.81. The molecule has 0 saturated heterocycles. The van der Waals surface area contributed by atoms with Crippen molar-refractivity contribution in [1.82, 2.24) is 0 Å². The minimum absolute atomic E-state index is 0.724. The van der Waals surface area contributed by atoms with E-state index in [1.54, 1.807) is 4.88 Å². The largest absolute Gasteiger partial charge is 0.367 e. The van der Waals surface area contributed by atoms with Gasteiger partial charge in [0.05, 0.1) is 0 Å². The molecule has 2 nitrogen and oxygen atoms in total. The van der Waals surface area contributed by atoms with E-state index in [1.165, 1.54) is 23.2 Å². The molecule has 3 heteroatoms. The number of nitrogens with zero attached hydrogens (tertiary/aromatic N) is 1. The quantitative estimate of drug-likeness (QED) is 0.917. The van der Waals surface area contributed by atoms with Crippen LogP contribution in [0.25, 0.3) is 0 Å². The lowest BCUT2D eigenvalue weighted by Gasteiger charge is -2.29. The maximum Gasteiger partial charge on any atom is 0.0440 e. The number of benzene rings is 1. The summed E-state index contributed by atoms with van der Waals surface area (Å²) in [7, 11) is 0. The van der Waals surface area contributed by atoms with Crippen LogP contribution < -0.4 is 10.6 Å². The number of thiophene rings is 1. The Labute approximate surface area is 112 Å². The van der Waals surface area contributed by atoms with Gasteiger partial charge in [0, 0.05) is 23.7 Å². The number of rotatable bonds is 3. The molecular formula is C15H18N2S. The fraction of sp³-hybridized carbons (Fsp3) is 0.333. The molecule has 0 spiro atoms. The molecule has 2 aromatic rings. The van der Waals surface area contributed by atoms with Gasteiger partial charge in [0.1, 0.15) is 0 Å². The molecule has 0 unspecified atom stereocenters. The van der Waals surface area contributed by atoms with Crippen LogP contribution in [-0.4, -0.2) is 13.1 Å². The first kappa shape index (κ1) is 11.8. The van der Waals surface area contributed by atoms with Crippen molar-refractivity contribution in [2.75, 3.05) is 18.0 Å². The Morgan fingerprint density at radius 1 is 1.17 bits per heavy atom. The standard InChI is InChI=1S/C15H18N2S/c16-8-5-12-1-3-14(4-2-12)17-9-6-15-13(11-17)7-10-18-15/h1-4,7,10H,5-6,8-9,11,16H2. The van der Waals surface area contributed by atoms with Crippen molar-refractivity contribution in [3.05, 3.63) is 51.7 Å². The lowest BCUT2D eigenvalue weighted by atomic mass is 10.1. The molecule has 0 amide bonds. The number of anilines is 1. The predicted molar refractivity (Wildman–Crippen MR) is 78.3 cm³/mol. The van der Waals surface area contributed by atoms with E-state index in [-0.39, 0.29) is 0 Å². The second kappa shape index (κ2) is 5.12. The smallest absolute Gasteiger partial charge is 0.0440 e. The topological polar surface area (TPSA) is 29.3 Å². The zero-order valence-corrected chi connectivity index (χ0v) is 11.2. The average molecular weight is 258 g/mol. The highest BCUT2D eigenvalue weighted by Crippen LogP contribution is 2.27. The summed E-state index contributed by atoms with van der Waals surface area (Å²) in [4.78, 5) is 4.02. The van der Waals surface area contributed by atoms with Crippen LogP contribution in [0.15, 0.2) is 35.7 Å². The van der Waals surface area contributed by atoms with E-state index in [0.29, 0.717) is 0 Å². The van der Waals surface area contributed by atoms with Crippen LogP contribution in [0.4, 0.5) is 5.69 Å². The van der Waals surface area contributed by atoms with Gasteiger partial charge in [-0.15, -0.1) is 11.3 Å². The van der Waals surface area contributed by atoms with E-state index in [4.69, 9.17) is 5.73 Å². The van der Waals surface area contributed by atoms with Crippen LogP contribution in [0, 0.1) is 0 Å². The SMILES string of the molecule is NCCc1ccc(N2CCc3sccc3C2)cc1. The Hall–Kier alpha value is -1.32. The third-order valence-electron chi connectivity index (χ3n) is 3.54. The lowest BCUT2D eigenvalue weighted by molar-refractivity contribution is 0.743. The Morgan fingerprint density at radius 3 is 2.78 bits per heavy atom. The Kier molecular flexibility index (Phi) is 3.35. The van der Waals surface area contributed by atoms with Gasteiger partial charge in [-0.25, -0.2) is 0 Å². The summed E-state index contributed by atoms with van der Waals surface area (Å²) in [6.45, 7) is 2.90. The van der Waals surface area contributed by atoms with Crippen molar-refractivity contribution in [2.45, 2.75) is 19.4 Å². The summed E-state index contributed by atoms with van der Waals surface area (Å²) in [6, 6.07) is 11.1. The Morgan fingerprint density at radius 2 is 2.00 bits per heavy atom. The molecule has 2 N–H and O–H groups in total. The molecule has 1 aromatic heterocycles. The number of fused-ring (bicyclic) bond motifs is 1. The van der Waals surface area contributed by atoms with E-state index in [9.17, 15) is 0 Å². The fourth-order valence-corrected chi connectivity index (χ4v) is 3.40. The molecular weight excluding hydrogens is 240 g/mol. The molecule has 0 atom stereocenters. The second-order valence-corrected chi connectivity index (χ2v) is 5.75. The molecule has 94 valence electrons. The molecule has 0 aliphatic carbocycles. The van der Waals surface area contributed by atoms with Crippen LogP contribution in [0.5, 0.6) is 0 Å². The highest BCUT2D eigenvalue weighted by atomic mass is 32.1. The summed E-state index contributed by atoms with van der Waals surface area (Å²) in [5, 5.41) is 2.21. The molecule has 3 rings (SSSR count). The van der Waals surface area contributed by atoms with Gasteiger partial charge in [-0.05, 0) is 54.1 Å². The normalized spacial score (nSPS) is 14.6. The van der Waals surface area contributed by atoms with Gasteiger partial charge in [0.2, 0.25) is 0 Å². The summed E-state index contributed by atoms with van der Waals surface area (Å²) >= 11 is 1.89. The zero-order valence-electron chi connectivity index (χ0n) is 10.4. The minimum Gasteiger partial charge on any atom is -0.367 e. The molecule has 0 radical (unpaired) electrons. The highest BCUT2D eigenvalue weighted by Gasteiger charge is 2.17. The Bertz CT molecular complexity index is 516. The molecule has 2 heterocycles. The van der Waals surface area contributed by atoms with Crippen LogP contribution in [0.3, 0.4) is 0 Å². The fourth-order valence-electron chi connectivity index (χ4n) is 2.51. The van der Waals surface area contributed by atoms with Gasteiger partial charge in [0.15, 0.2) is 0 Å². The maximum absolute atomic E-state index is 5.57. The van der Waals surface area contributed by atoms with E-state index in [2.05, 4.69) is 40.6 Å². The monoisotopic (exact) mass is 258 g/mol. The molecule has 1 aliphatic heterocycles. The molecule has 0 bridgehead atoms. The average Bonchev–Trinajstić information content (AvgIpc) is 2.87. The van der Waals surface area contributed by atoms with Crippen LogP contribution >= 0.6 is 11.3 Å². The molecule has 0 fully saturated rings. The first-order valence-electron chi connectivity index (χ1n) is 6.46. The van der Waals surface area contributed by atoms with E-state index in [1.807, 2.05) is 11.3 Å². The van der Waals surface area contributed by atoms with Gasteiger partial charge in [-0.3, -0.25) is 0 Å². The number of hydrogen-bond acceptors (Lipinski definition) is 3. The van der Waals surface area contributed by atoms with Crippen LogP contribution in [0.2, 0.25) is 0 Å². The molecule has 1 aliphatic rings. The maximum atomic E-state index is 5.57. The zero-order chi connectivity index (χ0) is 12.4. The van der Waals surface area contributed by atoms with Crippen LogP contribution in [-0.2, 0) is 19.4 Å². The first-order chi connectivity index (χ1) is 8.86. The molecule has 0 saturated carbocycles. The lowest BCUT2D eigenvalue weighted by Crippen LogP contribution is -2.29. The third-order valence-corrected chi connectivity index (χ3v) is 4.57. The van der Waals surface area contributed by atoms with Gasteiger partial charge < -0.3 is 10.6 Å². The van der Waals surface area contributed by atoms with Gasteiger partial charge in [0.25, 0.3) is 0 Å². The first-order valence-corrected chi connectivity index (χ1v) is 7.34. The third kappa shape index (κ3) is 2.28. The van der Waals surface area contributed by atoms with Crippen molar-refractivity contribution in [2.24, 2.45) is 5.73 Å². The summed E-state index contributed by atoms with van der Waals surface area (Å²) in [6.07, 6.45) is 2.15. The van der Waals surface area contributed by atoms with Gasteiger partial charge in [-0.2, -0.15) is 0 Å². The summed E-state index contributed by atoms with van der Waals surface area (Å²) in [5.74, 6) is 0. The molecule has 18 heavy (non-hydrogen) atoms. The number of hydrogen-bond donors (Lipinski definition) is 1. The summed E-state index contributed by atoms with van der Waals surface area (Å²) < 4.78 is 0. The van der Waals surface area contributed by atoms with E-state index in [0.717, 1.165) is 26.1 Å². The molecule has 1 aromatic carbocycles. The van der Waals surface area contributed by atoms with Crippen LogP contribution in [0.1, 0.15) is 16.0 Å². The van der Waals surface area contributed by atoms with Crippen molar-refractivity contribution in [3.63, 3.8) is 0 Å². The van der Waals surface area contributed by atoms with E-state index < -0.39 is 0 Å². The van der Waals surface area contributed by atoms with Crippen molar-refractivity contribution in [3.8, 4) is 0 Å².